The van der Waals surface area contributed by atoms with Crippen LogP contribution in [0.5, 0.6) is 0 Å². The van der Waals surface area contributed by atoms with Gasteiger partial charge in [-0.15, -0.1) is 11.8 Å². The van der Waals surface area contributed by atoms with Crippen molar-refractivity contribution < 1.29 is 44.0 Å². The lowest BCUT2D eigenvalue weighted by Crippen LogP contribution is -2.54. The van der Waals surface area contributed by atoms with E-state index in [2.05, 4.69) is 22.9 Å². The highest BCUT2D eigenvalue weighted by Gasteiger charge is 2.58. The lowest BCUT2D eigenvalue weighted by Gasteiger charge is -2.51. The Morgan fingerprint density at radius 3 is 2.60 bits per heavy atom. The molecule has 42 heavy (non-hydrogen) atoms. The van der Waals surface area contributed by atoms with Crippen LogP contribution in [0, 0.1) is 23.7 Å². The van der Waals surface area contributed by atoms with E-state index in [1.807, 2.05) is 17.5 Å². The first-order valence-electron chi connectivity index (χ1n) is 14.3. The van der Waals surface area contributed by atoms with Crippen LogP contribution in [0.1, 0.15) is 51.9 Å². The molecular formula is C28H40N4O9S. The molecule has 14 heteroatoms. The molecule has 4 rings (SSSR count). The molecule has 0 aromatic heterocycles. The van der Waals surface area contributed by atoms with Crippen molar-refractivity contribution in [2.24, 2.45) is 23.7 Å². The summed E-state index contributed by atoms with van der Waals surface area (Å²) >= 11 is 1.43. The Balaban J connectivity index is 1.55. The molecular weight excluding hydrogens is 568 g/mol. The van der Waals surface area contributed by atoms with E-state index in [9.17, 15) is 34.2 Å². The van der Waals surface area contributed by atoms with Crippen LogP contribution in [0.3, 0.4) is 0 Å². The number of carbonyl (C=O) groups excluding carboxylic acids is 3. The van der Waals surface area contributed by atoms with Gasteiger partial charge in [-0.3, -0.25) is 24.5 Å². The van der Waals surface area contributed by atoms with Gasteiger partial charge in [0.2, 0.25) is 18.0 Å². The van der Waals surface area contributed by atoms with Gasteiger partial charge < -0.3 is 36.0 Å². The minimum atomic E-state index is -2.17. The predicted octanol–water partition coefficient (Wildman–Crippen LogP) is 0.305. The number of aliphatic hydroxyl groups excluding tert-OH is 1. The molecule has 8 unspecified atom stereocenters. The zero-order valence-electron chi connectivity index (χ0n) is 23.8. The van der Waals surface area contributed by atoms with Crippen molar-refractivity contribution in [1.29, 1.82) is 0 Å². The molecule has 13 nitrogen and oxygen atoms in total. The summed E-state index contributed by atoms with van der Waals surface area (Å²) in [5.41, 5.74) is 1.01. The molecule has 0 spiro atoms. The van der Waals surface area contributed by atoms with Gasteiger partial charge in [-0.2, -0.15) is 0 Å². The number of carboxylic acids is 2. The van der Waals surface area contributed by atoms with Crippen LogP contribution in [-0.2, 0) is 28.7 Å². The summed E-state index contributed by atoms with van der Waals surface area (Å²) in [5, 5.41) is 38.5. The third-order valence-electron chi connectivity index (χ3n) is 8.67. The summed E-state index contributed by atoms with van der Waals surface area (Å²) in [5.74, 6) is -3.55. The number of amides is 2. The van der Waals surface area contributed by atoms with Gasteiger partial charge in [0, 0.05) is 18.8 Å². The molecule has 1 saturated carbocycles. The van der Waals surface area contributed by atoms with E-state index >= 15 is 0 Å². The Hall–Kier alpha value is -2.94. The maximum absolute atomic E-state index is 13.1. The van der Waals surface area contributed by atoms with E-state index in [-0.39, 0.29) is 43.1 Å². The molecule has 0 bridgehead atoms. The van der Waals surface area contributed by atoms with E-state index < -0.39 is 52.7 Å². The van der Waals surface area contributed by atoms with Crippen molar-refractivity contribution in [2.45, 2.75) is 74.9 Å². The van der Waals surface area contributed by atoms with E-state index in [0.29, 0.717) is 11.7 Å². The van der Waals surface area contributed by atoms with Gasteiger partial charge >= 0.3 is 17.9 Å². The number of carboxylic acid groups (broad SMARTS) is 2. The summed E-state index contributed by atoms with van der Waals surface area (Å²) < 4.78 is 5.39. The number of aliphatic carboxylic acids is 2. The van der Waals surface area contributed by atoms with E-state index in [0.717, 1.165) is 37.7 Å². The Bertz CT molecular complexity index is 1160. The predicted molar refractivity (Wildman–Crippen MR) is 152 cm³/mol. The number of allylic oxidation sites excluding steroid dienone is 1. The second-order valence-corrected chi connectivity index (χ2v) is 12.9. The van der Waals surface area contributed by atoms with Crippen LogP contribution >= 0.6 is 11.8 Å². The first-order chi connectivity index (χ1) is 20.0. The first kappa shape index (κ1) is 32.0. The van der Waals surface area contributed by atoms with Gasteiger partial charge in [-0.05, 0) is 62.5 Å². The second kappa shape index (κ2) is 13.6. The monoisotopic (exact) mass is 608 g/mol. The number of thioether (sulfide) groups is 1. The molecule has 1 aliphatic heterocycles. The first-order valence-corrected chi connectivity index (χ1v) is 15.3. The maximum atomic E-state index is 13.1. The molecule has 0 aromatic carbocycles. The summed E-state index contributed by atoms with van der Waals surface area (Å²) in [6.45, 7) is 2.36. The fourth-order valence-electron chi connectivity index (χ4n) is 6.64. The minimum Gasteiger partial charge on any atom is -0.480 e. The molecule has 0 aromatic rings. The molecule has 0 saturated heterocycles. The molecule has 3 aliphatic carbocycles. The lowest BCUT2D eigenvalue weighted by atomic mass is 9.62. The summed E-state index contributed by atoms with van der Waals surface area (Å²) in [4.78, 5) is 61.7. The largest absolute Gasteiger partial charge is 0.480 e. The Kier molecular flexibility index (Phi) is 10.3. The molecule has 7 N–H and O–H groups in total. The van der Waals surface area contributed by atoms with Crippen molar-refractivity contribution in [1.82, 2.24) is 21.3 Å². The SMILES string of the molecule is CNCNC(CCC(=O)NC(CSC12CC(C)CCC1CC1CC=CC3C(=O)OC2=C13)C(=O)NC(O)C(=O)O)C(=O)O. The summed E-state index contributed by atoms with van der Waals surface area (Å²) in [6, 6.07) is -2.24. The molecule has 232 valence electrons. The normalized spacial score (nSPS) is 29.9. The molecule has 4 aliphatic rings. The number of hydrogen-bond donors (Lipinski definition) is 7. The van der Waals surface area contributed by atoms with Crippen molar-refractivity contribution >= 4 is 41.5 Å². The third kappa shape index (κ3) is 6.82. The zero-order valence-corrected chi connectivity index (χ0v) is 24.6. The van der Waals surface area contributed by atoms with E-state index in [1.165, 1.54) is 11.8 Å². The topological polar surface area (TPSA) is 203 Å². The zero-order chi connectivity index (χ0) is 30.6. The molecule has 1 fully saturated rings. The van der Waals surface area contributed by atoms with Crippen molar-refractivity contribution in [3.63, 3.8) is 0 Å². The number of carbonyl (C=O) groups is 5. The highest BCUT2D eigenvalue weighted by molar-refractivity contribution is 8.01. The Labute approximate surface area is 248 Å². The summed E-state index contributed by atoms with van der Waals surface area (Å²) in [6.07, 6.45) is 5.89. The Morgan fingerprint density at radius 2 is 1.90 bits per heavy atom. The molecule has 2 amide bonds. The van der Waals surface area contributed by atoms with Crippen LogP contribution in [0.2, 0.25) is 0 Å². The number of aliphatic hydroxyl groups is 1. The van der Waals surface area contributed by atoms with Crippen LogP contribution in [0.4, 0.5) is 0 Å². The van der Waals surface area contributed by atoms with Crippen LogP contribution < -0.4 is 21.3 Å². The van der Waals surface area contributed by atoms with Crippen molar-refractivity contribution in [3.8, 4) is 0 Å². The fourth-order valence-corrected chi connectivity index (χ4v) is 8.48. The van der Waals surface area contributed by atoms with Crippen molar-refractivity contribution in [3.05, 3.63) is 23.5 Å². The number of hydrogen-bond acceptors (Lipinski definition) is 10. The third-order valence-corrected chi connectivity index (χ3v) is 10.4. The van der Waals surface area contributed by atoms with Crippen molar-refractivity contribution in [2.75, 3.05) is 19.5 Å². The van der Waals surface area contributed by atoms with Gasteiger partial charge in [0.15, 0.2) is 0 Å². The van der Waals surface area contributed by atoms with E-state index in [4.69, 9.17) is 9.84 Å². The van der Waals surface area contributed by atoms with Gasteiger partial charge in [-0.25, -0.2) is 4.79 Å². The van der Waals surface area contributed by atoms with E-state index in [1.54, 1.807) is 7.05 Å². The van der Waals surface area contributed by atoms with Gasteiger partial charge in [0.1, 0.15) is 23.8 Å². The Morgan fingerprint density at radius 1 is 1.14 bits per heavy atom. The van der Waals surface area contributed by atoms with Gasteiger partial charge in [0.25, 0.3) is 0 Å². The number of ether oxygens (including phenoxy) is 1. The van der Waals surface area contributed by atoms with Crippen LogP contribution in [0.25, 0.3) is 0 Å². The molecule has 1 heterocycles. The number of fused-ring (bicyclic) bond motifs is 2. The molecule has 0 radical (unpaired) electrons. The highest BCUT2D eigenvalue weighted by atomic mass is 32.2. The van der Waals surface area contributed by atoms with Gasteiger partial charge in [-0.1, -0.05) is 25.5 Å². The number of rotatable bonds is 14. The number of esters is 1. The number of nitrogens with one attached hydrogen (secondary N) is 4. The second-order valence-electron chi connectivity index (χ2n) is 11.6. The average molecular weight is 609 g/mol. The fraction of sp³-hybridized carbons (Fsp3) is 0.679. The quantitative estimate of drug-likeness (QED) is 0.0809. The van der Waals surface area contributed by atoms with Gasteiger partial charge in [0.05, 0.1) is 4.75 Å². The smallest absolute Gasteiger partial charge is 0.353 e. The maximum Gasteiger partial charge on any atom is 0.353 e. The van der Waals surface area contributed by atoms with Crippen LogP contribution in [0.15, 0.2) is 23.5 Å². The minimum absolute atomic E-state index is 0.0208. The lowest BCUT2D eigenvalue weighted by molar-refractivity contribution is -0.151. The summed E-state index contributed by atoms with van der Waals surface area (Å²) in [7, 11) is 1.64. The average Bonchev–Trinajstić information content (AvgIpc) is 3.29. The standard InChI is InChI=1S/C28H40N4O9S/c1-14-6-7-16-10-15-4-3-5-17-21(15)22(41-27(17)40)28(16,11-14)42-12-19(23(34)32-24(35)26(38)39)31-20(33)9-8-18(25(36)37)30-13-29-2/h3,5,14-19,24,29-30,35H,4,6-13H2,1-2H3,(H,31,33)(H,32,34)(H,36,37)(H,38,39). The highest BCUT2D eigenvalue weighted by Crippen LogP contribution is 2.61. The van der Waals surface area contributed by atoms with Crippen LogP contribution in [-0.4, -0.2) is 87.6 Å². The molecule has 8 atom stereocenters.